The quantitative estimate of drug-likeness (QED) is 0.877. The van der Waals surface area contributed by atoms with E-state index in [9.17, 15) is 14.0 Å². The molecule has 0 atom stereocenters. The van der Waals surface area contributed by atoms with E-state index in [0.717, 1.165) is 0 Å². The van der Waals surface area contributed by atoms with Crippen molar-refractivity contribution in [2.24, 2.45) is 5.73 Å². The third-order valence-corrected chi connectivity index (χ3v) is 2.40. The molecule has 0 bridgehead atoms. The maximum atomic E-state index is 13.3. The van der Waals surface area contributed by atoms with Gasteiger partial charge in [-0.1, -0.05) is 12.1 Å². The summed E-state index contributed by atoms with van der Waals surface area (Å²) in [6, 6.07) is 8.53. The van der Waals surface area contributed by atoms with E-state index in [0.29, 0.717) is 0 Å². The number of benzene rings is 1. The van der Waals surface area contributed by atoms with E-state index < -0.39 is 17.6 Å². The molecule has 0 radical (unpaired) electrons. The van der Waals surface area contributed by atoms with Crippen LogP contribution in [-0.2, 0) is 0 Å². The number of hydrogen-bond donors (Lipinski definition) is 2. The summed E-state index contributed by atoms with van der Waals surface area (Å²) in [5.41, 5.74) is 5.37. The zero-order valence-corrected chi connectivity index (χ0v) is 9.76. The van der Waals surface area contributed by atoms with Crippen LogP contribution >= 0.6 is 0 Å². The van der Waals surface area contributed by atoms with E-state index >= 15 is 0 Å². The number of halogens is 1. The molecule has 2 rings (SSSR count). The predicted octanol–water partition coefficient (Wildman–Crippen LogP) is 1.57. The first-order valence-electron chi connectivity index (χ1n) is 5.39. The van der Waals surface area contributed by atoms with Crippen molar-refractivity contribution < 1.29 is 14.0 Å². The Morgan fingerprint density at radius 1 is 1.16 bits per heavy atom. The van der Waals surface area contributed by atoms with Crippen LogP contribution in [0.5, 0.6) is 0 Å². The fourth-order valence-corrected chi connectivity index (χ4v) is 1.43. The van der Waals surface area contributed by atoms with E-state index in [4.69, 9.17) is 5.73 Å². The smallest absolute Gasteiger partial charge is 0.267 e. The van der Waals surface area contributed by atoms with Gasteiger partial charge in [-0.15, -0.1) is 0 Å². The van der Waals surface area contributed by atoms with Gasteiger partial charge in [0.2, 0.25) is 0 Å². The number of primary amides is 1. The molecule has 0 saturated carbocycles. The number of nitrogens with two attached hydrogens (primary N) is 1. The minimum absolute atomic E-state index is 0.0578. The van der Waals surface area contributed by atoms with Gasteiger partial charge in [0.1, 0.15) is 11.5 Å². The summed E-state index contributed by atoms with van der Waals surface area (Å²) in [6.45, 7) is 0. The van der Waals surface area contributed by atoms with E-state index in [1.807, 2.05) is 0 Å². The Bertz CT molecular complexity index is 626. The molecule has 1 heterocycles. The van der Waals surface area contributed by atoms with Crippen molar-refractivity contribution >= 4 is 17.5 Å². The van der Waals surface area contributed by atoms with Crippen molar-refractivity contribution in [1.29, 1.82) is 0 Å². The number of hydrogen-bond acceptors (Lipinski definition) is 3. The lowest BCUT2D eigenvalue weighted by atomic mass is 10.2. The van der Waals surface area contributed by atoms with E-state index in [-0.39, 0.29) is 16.9 Å². The first-order valence-corrected chi connectivity index (χ1v) is 5.39. The summed E-state index contributed by atoms with van der Waals surface area (Å²) >= 11 is 0. The van der Waals surface area contributed by atoms with Gasteiger partial charge in [-0.05, 0) is 24.3 Å². The lowest BCUT2D eigenvalue weighted by Gasteiger charge is -2.06. The summed E-state index contributed by atoms with van der Waals surface area (Å²) in [7, 11) is 0. The van der Waals surface area contributed by atoms with Crippen LogP contribution in [0.4, 0.5) is 10.1 Å². The summed E-state index contributed by atoms with van der Waals surface area (Å²) in [4.78, 5) is 26.4. The number of carbonyl (C=O) groups excluding carboxylic acids is 2. The van der Waals surface area contributed by atoms with Crippen LogP contribution in [-0.4, -0.2) is 16.8 Å². The standard InChI is InChI=1S/C13H10FN3O2/c14-9-3-1-2-4-10(9)17-13(19)8-5-6-11(12(15)18)16-7-8/h1-7H,(H2,15,18)(H,17,19). The molecular formula is C13H10FN3O2. The molecule has 5 nitrogen and oxygen atoms in total. The van der Waals surface area contributed by atoms with Gasteiger partial charge in [-0.25, -0.2) is 4.39 Å². The number of nitrogens with zero attached hydrogens (tertiary/aromatic N) is 1. The van der Waals surface area contributed by atoms with Gasteiger partial charge in [0.15, 0.2) is 0 Å². The van der Waals surface area contributed by atoms with Crippen LogP contribution in [0, 0.1) is 5.82 Å². The highest BCUT2D eigenvalue weighted by molar-refractivity contribution is 6.04. The van der Waals surface area contributed by atoms with Crippen molar-refractivity contribution in [2.75, 3.05) is 5.32 Å². The summed E-state index contributed by atoms with van der Waals surface area (Å²) in [5.74, 6) is -1.73. The molecule has 0 saturated heterocycles. The van der Waals surface area contributed by atoms with Crippen molar-refractivity contribution in [3.8, 4) is 0 Å². The molecule has 0 aliphatic carbocycles. The lowest BCUT2D eigenvalue weighted by molar-refractivity contribution is 0.0990. The first-order chi connectivity index (χ1) is 9.08. The average molecular weight is 259 g/mol. The molecule has 2 amide bonds. The molecule has 2 aromatic rings. The number of anilines is 1. The highest BCUT2D eigenvalue weighted by Crippen LogP contribution is 2.13. The zero-order chi connectivity index (χ0) is 13.8. The average Bonchev–Trinajstić information content (AvgIpc) is 2.41. The van der Waals surface area contributed by atoms with Crippen molar-refractivity contribution in [2.45, 2.75) is 0 Å². The summed E-state index contributed by atoms with van der Waals surface area (Å²) in [5, 5.41) is 2.41. The van der Waals surface area contributed by atoms with Gasteiger partial charge in [0.05, 0.1) is 11.3 Å². The van der Waals surface area contributed by atoms with Crippen LogP contribution in [0.2, 0.25) is 0 Å². The van der Waals surface area contributed by atoms with Gasteiger partial charge in [-0.2, -0.15) is 0 Å². The van der Waals surface area contributed by atoms with Crippen molar-refractivity contribution in [3.63, 3.8) is 0 Å². The van der Waals surface area contributed by atoms with E-state index in [2.05, 4.69) is 10.3 Å². The van der Waals surface area contributed by atoms with E-state index in [1.54, 1.807) is 6.07 Å². The molecule has 0 aliphatic rings. The van der Waals surface area contributed by atoms with Crippen LogP contribution in [0.25, 0.3) is 0 Å². The van der Waals surface area contributed by atoms with Gasteiger partial charge >= 0.3 is 0 Å². The Morgan fingerprint density at radius 2 is 1.89 bits per heavy atom. The first kappa shape index (κ1) is 12.7. The Kier molecular flexibility index (Phi) is 3.51. The Balaban J connectivity index is 2.16. The third kappa shape index (κ3) is 2.92. The summed E-state index contributed by atoms with van der Waals surface area (Å²) < 4.78 is 13.3. The highest BCUT2D eigenvalue weighted by atomic mass is 19.1. The summed E-state index contributed by atoms with van der Waals surface area (Å²) in [6.07, 6.45) is 1.20. The monoisotopic (exact) mass is 259 g/mol. The fourth-order valence-electron chi connectivity index (χ4n) is 1.43. The molecule has 0 spiro atoms. The number of nitrogens with one attached hydrogen (secondary N) is 1. The largest absolute Gasteiger partial charge is 0.364 e. The van der Waals surface area contributed by atoms with Crippen molar-refractivity contribution in [3.05, 3.63) is 59.7 Å². The van der Waals surface area contributed by atoms with Gasteiger partial charge in [0, 0.05) is 6.20 Å². The van der Waals surface area contributed by atoms with Crippen LogP contribution < -0.4 is 11.1 Å². The minimum Gasteiger partial charge on any atom is -0.364 e. The van der Waals surface area contributed by atoms with Gasteiger partial charge < -0.3 is 11.1 Å². The fraction of sp³-hybridized carbons (Fsp3) is 0. The Labute approximate surface area is 108 Å². The number of carbonyl (C=O) groups is 2. The molecule has 96 valence electrons. The van der Waals surface area contributed by atoms with E-state index in [1.165, 1.54) is 36.5 Å². The lowest BCUT2D eigenvalue weighted by Crippen LogP contribution is -2.16. The van der Waals surface area contributed by atoms with Gasteiger partial charge in [0.25, 0.3) is 11.8 Å². The minimum atomic E-state index is -0.680. The molecular weight excluding hydrogens is 249 g/mol. The number of pyridine rings is 1. The number of aromatic nitrogens is 1. The second kappa shape index (κ2) is 5.26. The van der Waals surface area contributed by atoms with Crippen LogP contribution in [0.1, 0.15) is 20.8 Å². The molecule has 0 unspecified atom stereocenters. The van der Waals surface area contributed by atoms with Crippen LogP contribution in [0.15, 0.2) is 42.6 Å². The molecule has 0 aliphatic heterocycles. The topological polar surface area (TPSA) is 85.1 Å². The molecule has 0 fully saturated rings. The maximum absolute atomic E-state index is 13.3. The van der Waals surface area contributed by atoms with Crippen LogP contribution in [0.3, 0.4) is 0 Å². The van der Waals surface area contributed by atoms with Gasteiger partial charge in [-0.3, -0.25) is 14.6 Å². The number of amides is 2. The Hall–Kier alpha value is -2.76. The van der Waals surface area contributed by atoms with Crippen molar-refractivity contribution in [1.82, 2.24) is 4.98 Å². The zero-order valence-electron chi connectivity index (χ0n) is 9.76. The molecule has 1 aromatic heterocycles. The third-order valence-electron chi connectivity index (χ3n) is 2.40. The SMILES string of the molecule is NC(=O)c1ccc(C(=O)Nc2ccccc2F)cn1. The Morgan fingerprint density at radius 3 is 2.47 bits per heavy atom. The number of para-hydroxylation sites is 1. The molecule has 1 aromatic carbocycles. The number of rotatable bonds is 3. The molecule has 19 heavy (non-hydrogen) atoms. The molecule has 3 N–H and O–H groups in total. The predicted molar refractivity (Wildman–Crippen MR) is 67.1 cm³/mol. The maximum Gasteiger partial charge on any atom is 0.267 e. The highest BCUT2D eigenvalue weighted by Gasteiger charge is 2.10. The second-order valence-corrected chi connectivity index (χ2v) is 3.73. The molecule has 6 heteroatoms. The second-order valence-electron chi connectivity index (χ2n) is 3.73. The normalized spacial score (nSPS) is 9.95.